The second-order valence-corrected chi connectivity index (χ2v) is 3.94. The molecule has 0 fully saturated rings. The van der Waals surface area contributed by atoms with Crippen LogP contribution in [-0.2, 0) is 17.7 Å². The number of carbonyl (C=O) groups is 1. The van der Waals surface area contributed by atoms with E-state index in [1.807, 2.05) is 0 Å². The lowest BCUT2D eigenvalue weighted by Crippen LogP contribution is -2.25. The van der Waals surface area contributed by atoms with Crippen LogP contribution in [0.15, 0.2) is 6.20 Å². The molecule has 0 aromatic carbocycles. The monoisotopic (exact) mass is 240 g/mol. The number of hydrogen-bond acceptors (Lipinski definition) is 4. The van der Waals surface area contributed by atoms with Crippen molar-refractivity contribution >= 4 is 17.6 Å². The number of rotatable bonds is 2. The van der Waals surface area contributed by atoms with Crippen LogP contribution >= 0.6 is 11.6 Å². The SMILES string of the molecule is CCOC(=O)c1cnc2c(c1Cl)CNCC2. The van der Waals surface area contributed by atoms with Gasteiger partial charge in [0.05, 0.1) is 17.2 Å². The van der Waals surface area contributed by atoms with Gasteiger partial charge in [-0.3, -0.25) is 4.98 Å². The van der Waals surface area contributed by atoms with E-state index in [4.69, 9.17) is 16.3 Å². The van der Waals surface area contributed by atoms with Gasteiger partial charge in [-0.05, 0) is 6.92 Å². The molecule has 1 aromatic heterocycles. The Hall–Kier alpha value is -1.13. The van der Waals surface area contributed by atoms with E-state index in [0.717, 1.165) is 24.2 Å². The molecule has 16 heavy (non-hydrogen) atoms. The van der Waals surface area contributed by atoms with E-state index >= 15 is 0 Å². The fourth-order valence-electron chi connectivity index (χ4n) is 1.73. The second kappa shape index (κ2) is 4.80. The molecule has 0 saturated heterocycles. The predicted octanol–water partition coefficient (Wildman–Crippen LogP) is 1.56. The number of nitrogens with zero attached hydrogens (tertiary/aromatic N) is 1. The lowest BCUT2D eigenvalue weighted by molar-refractivity contribution is 0.0526. The summed E-state index contributed by atoms with van der Waals surface area (Å²) in [5, 5.41) is 3.67. The number of halogens is 1. The van der Waals surface area contributed by atoms with Gasteiger partial charge in [0.25, 0.3) is 0 Å². The van der Waals surface area contributed by atoms with Crippen molar-refractivity contribution in [3.05, 3.63) is 28.0 Å². The highest BCUT2D eigenvalue weighted by Gasteiger charge is 2.20. The van der Waals surface area contributed by atoms with Crippen molar-refractivity contribution in [2.24, 2.45) is 0 Å². The fraction of sp³-hybridized carbons (Fsp3) is 0.455. The van der Waals surface area contributed by atoms with Gasteiger partial charge in [-0.15, -0.1) is 0 Å². The maximum absolute atomic E-state index is 11.6. The van der Waals surface area contributed by atoms with Crippen molar-refractivity contribution in [1.82, 2.24) is 10.3 Å². The molecule has 0 aliphatic carbocycles. The summed E-state index contributed by atoms with van der Waals surface area (Å²) in [5.41, 5.74) is 2.24. The lowest BCUT2D eigenvalue weighted by Gasteiger charge is -2.18. The Kier molecular flexibility index (Phi) is 3.41. The van der Waals surface area contributed by atoms with Crippen molar-refractivity contribution in [1.29, 1.82) is 0 Å². The summed E-state index contributed by atoms with van der Waals surface area (Å²) in [5.74, 6) is -0.409. The minimum absolute atomic E-state index is 0.338. The van der Waals surface area contributed by atoms with E-state index in [2.05, 4.69) is 10.3 Å². The zero-order chi connectivity index (χ0) is 11.5. The van der Waals surface area contributed by atoms with E-state index in [-0.39, 0.29) is 0 Å². The quantitative estimate of drug-likeness (QED) is 0.797. The van der Waals surface area contributed by atoms with Gasteiger partial charge in [-0.25, -0.2) is 4.79 Å². The first-order valence-electron chi connectivity index (χ1n) is 5.28. The summed E-state index contributed by atoms with van der Waals surface area (Å²) in [6.45, 7) is 3.66. The number of ether oxygens (including phenoxy) is 1. The Labute approximate surface area is 99.0 Å². The maximum Gasteiger partial charge on any atom is 0.341 e. The van der Waals surface area contributed by atoms with Crippen molar-refractivity contribution in [2.75, 3.05) is 13.2 Å². The molecule has 2 rings (SSSR count). The molecule has 0 bridgehead atoms. The molecule has 0 spiro atoms. The smallest absolute Gasteiger partial charge is 0.341 e. The maximum atomic E-state index is 11.6. The van der Waals surface area contributed by atoms with Crippen LogP contribution in [0.4, 0.5) is 0 Å². The summed E-state index contributed by atoms with van der Waals surface area (Å²) in [7, 11) is 0. The highest BCUT2D eigenvalue weighted by atomic mass is 35.5. The summed E-state index contributed by atoms with van der Waals surface area (Å²) in [4.78, 5) is 15.8. The van der Waals surface area contributed by atoms with Crippen LogP contribution < -0.4 is 5.32 Å². The second-order valence-electron chi connectivity index (χ2n) is 3.56. The zero-order valence-electron chi connectivity index (χ0n) is 9.05. The van der Waals surface area contributed by atoms with Gasteiger partial charge in [-0.1, -0.05) is 11.6 Å². The van der Waals surface area contributed by atoms with E-state index in [1.165, 1.54) is 6.20 Å². The van der Waals surface area contributed by atoms with Crippen molar-refractivity contribution in [3.8, 4) is 0 Å². The molecular weight excluding hydrogens is 228 g/mol. The Morgan fingerprint density at radius 2 is 2.50 bits per heavy atom. The van der Waals surface area contributed by atoms with Crippen LogP contribution in [0.25, 0.3) is 0 Å². The molecule has 1 N–H and O–H groups in total. The average Bonchev–Trinajstić information content (AvgIpc) is 2.30. The predicted molar refractivity (Wildman–Crippen MR) is 60.6 cm³/mol. The summed E-state index contributed by atoms with van der Waals surface area (Å²) in [6, 6.07) is 0. The van der Waals surface area contributed by atoms with Crippen molar-refractivity contribution < 1.29 is 9.53 Å². The largest absolute Gasteiger partial charge is 0.462 e. The number of nitrogens with one attached hydrogen (secondary N) is 1. The number of carbonyl (C=O) groups excluding carboxylic acids is 1. The first-order chi connectivity index (χ1) is 7.74. The van der Waals surface area contributed by atoms with Gasteiger partial charge >= 0.3 is 5.97 Å². The highest BCUT2D eigenvalue weighted by molar-refractivity contribution is 6.34. The van der Waals surface area contributed by atoms with Gasteiger partial charge in [0, 0.05) is 37.0 Å². The van der Waals surface area contributed by atoms with Gasteiger partial charge in [0.15, 0.2) is 0 Å². The van der Waals surface area contributed by atoms with Crippen LogP contribution in [0.5, 0.6) is 0 Å². The fourth-order valence-corrected chi connectivity index (χ4v) is 2.03. The van der Waals surface area contributed by atoms with Crippen LogP contribution in [0.1, 0.15) is 28.5 Å². The topological polar surface area (TPSA) is 51.2 Å². The van der Waals surface area contributed by atoms with Crippen LogP contribution in [0, 0.1) is 0 Å². The van der Waals surface area contributed by atoms with E-state index in [0.29, 0.717) is 23.7 Å². The number of pyridine rings is 1. The lowest BCUT2D eigenvalue weighted by atomic mass is 10.1. The van der Waals surface area contributed by atoms with Crippen LogP contribution in [-0.4, -0.2) is 24.1 Å². The zero-order valence-corrected chi connectivity index (χ0v) is 9.80. The summed E-state index contributed by atoms with van der Waals surface area (Å²) >= 11 is 6.18. The van der Waals surface area contributed by atoms with Crippen LogP contribution in [0.2, 0.25) is 5.02 Å². The minimum Gasteiger partial charge on any atom is -0.462 e. The molecule has 0 atom stereocenters. The molecule has 1 aliphatic heterocycles. The molecule has 86 valence electrons. The van der Waals surface area contributed by atoms with E-state index in [1.54, 1.807) is 6.92 Å². The van der Waals surface area contributed by atoms with E-state index in [9.17, 15) is 4.79 Å². The standard InChI is InChI=1S/C11H13ClN2O2/c1-2-16-11(15)8-6-14-9-3-4-13-5-7(9)10(8)12/h6,13H,2-5H2,1H3. The Morgan fingerprint density at radius 1 is 1.69 bits per heavy atom. The minimum atomic E-state index is -0.409. The van der Waals surface area contributed by atoms with Crippen molar-refractivity contribution in [3.63, 3.8) is 0 Å². The summed E-state index contributed by atoms with van der Waals surface area (Å²) < 4.78 is 4.92. The normalized spacial score (nSPS) is 14.4. The molecule has 0 saturated carbocycles. The molecule has 4 nitrogen and oxygen atoms in total. The molecule has 0 amide bonds. The molecule has 1 aromatic rings. The molecular formula is C11H13ClN2O2. The third-order valence-corrected chi connectivity index (χ3v) is 2.97. The first kappa shape index (κ1) is 11.4. The van der Waals surface area contributed by atoms with E-state index < -0.39 is 5.97 Å². The number of fused-ring (bicyclic) bond motifs is 1. The molecule has 0 unspecified atom stereocenters. The van der Waals surface area contributed by atoms with Gasteiger partial charge < -0.3 is 10.1 Å². The average molecular weight is 241 g/mol. The molecule has 1 aliphatic rings. The van der Waals surface area contributed by atoms with Gasteiger partial charge in [0.2, 0.25) is 0 Å². The molecule has 5 heteroatoms. The summed E-state index contributed by atoms with van der Waals surface area (Å²) in [6.07, 6.45) is 2.35. The highest BCUT2D eigenvalue weighted by Crippen LogP contribution is 2.25. The Bertz CT molecular complexity index is 421. The first-order valence-corrected chi connectivity index (χ1v) is 5.66. The van der Waals surface area contributed by atoms with Gasteiger partial charge in [0.1, 0.15) is 0 Å². The Balaban J connectivity index is 2.37. The molecule has 0 radical (unpaired) electrons. The molecule has 2 heterocycles. The number of esters is 1. The van der Waals surface area contributed by atoms with Crippen molar-refractivity contribution in [2.45, 2.75) is 19.9 Å². The third-order valence-electron chi connectivity index (χ3n) is 2.53. The third kappa shape index (κ3) is 2.03. The van der Waals surface area contributed by atoms with Gasteiger partial charge in [-0.2, -0.15) is 0 Å². The number of aromatic nitrogens is 1. The number of hydrogen-bond donors (Lipinski definition) is 1. The van der Waals surface area contributed by atoms with Crippen LogP contribution in [0.3, 0.4) is 0 Å². The Morgan fingerprint density at radius 3 is 3.25 bits per heavy atom.